The fraction of sp³-hybridized carbons (Fsp3) is 0.143. The zero-order chi connectivity index (χ0) is 16.0. The summed E-state index contributed by atoms with van der Waals surface area (Å²) < 4.78 is 0. The molecule has 0 aromatic heterocycles. The van der Waals surface area contributed by atoms with Crippen LogP contribution in [-0.2, 0) is 15.0 Å². The van der Waals surface area contributed by atoms with E-state index in [0.717, 1.165) is 16.3 Å². The zero-order valence-electron chi connectivity index (χ0n) is 12.9. The highest BCUT2D eigenvalue weighted by Gasteiger charge is 2.38. The molecule has 2 nitrogen and oxygen atoms in total. The molecular formula is C21H16O2. The molecule has 23 heavy (non-hydrogen) atoms. The molecule has 0 N–H and O–H groups in total. The smallest absolute Gasteiger partial charge is 0.166 e. The van der Waals surface area contributed by atoms with E-state index < -0.39 is 5.41 Å². The first-order chi connectivity index (χ1) is 11.1. The highest BCUT2D eigenvalue weighted by Crippen LogP contribution is 2.38. The molecule has 3 aromatic carbocycles. The Bertz CT molecular complexity index is 997. The summed E-state index contributed by atoms with van der Waals surface area (Å²) in [6, 6.07) is 18.4. The second kappa shape index (κ2) is 4.88. The SMILES string of the molecule is CC1(c2cccc3c2ccc2ccccc23)CC(=O)C=CC1=O. The van der Waals surface area contributed by atoms with Crippen LogP contribution in [0.3, 0.4) is 0 Å². The van der Waals surface area contributed by atoms with Crippen LogP contribution in [0.2, 0.25) is 0 Å². The number of hydrogen-bond acceptors (Lipinski definition) is 2. The third-order valence-electron chi connectivity index (χ3n) is 4.87. The highest BCUT2D eigenvalue weighted by atomic mass is 16.1. The van der Waals surface area contributed by atoms with E-state index in [0.29, 0.717) is 0 Å². The Labute approximate surface area is 134 Å². The normalized spacial score (nSPS) is 21.3. The van der Waals surface area contributed by atoms with Crippen LogP contribution in [0.5, 0.6) is 0 Å². The van der Waals surface area contributed by atoms with Gasteiger partial charge in [-0.05, 0) is 46.2 Å². The molecule has 0 saturated heterocycles. The number of carbonyl (C=O) groups excluding carboxylic acids is 2. The minimum atomic E-state index is -0.784. The van der Waals surface area contributed by atoms with E-state index in [-0.39, 0.29) is 18.0 Å². The molecule has 1 unspecified atom stereocenters. The third-order valence-corrected chi connectivity index (χ3v) is 4.87. The minimum absolute atomic E-state index is 0.00208. The zero-order valence-corrected chi connectivity index (χ0v) is 12.9. The number of allylic oxidation sites excluding steroid dienone is 2. The summed E-state index contributed by atoms with van der Waals surface area (Å²) >= 11 is 0. The van der Waals surface area contributed by atoms with Gasteiger partial charge in [-0.15, -0.1) is 0 Å². The predicted molar refractivity (Wildman–Crippen MR) is 92.6 cm³/mol. The molecule has 3 aromatic rings. The van der Waals surface area contributed by atoms with Crippen LogP contribution in [0.1, 0.15) is 18.9 Å². The first-order valence-corrected chi connectivity index (χ1v) is 7.76. The quantitative estimate of drug-likeness (QED) is 0.626. The van der Waals surface area contributed by atoms with Gasteiger partial charge < -0.3 is 0 Å². The number of ketones is 2. The molecule has 1 aliphatic carbocycles. The maximum absolute atomic E-state index is 12.5. The molecule has 0 radical (unpaired) electrons. The Morgan fingerprint density at radius 3 is 2.43 bits per heavy atom. The Kier molecular flexibility index (Phi) is 2.95. The first kappa shape index (κ1) is 13.9. The molecule has 1 atom stereocenters. The monoisotopic (exact) mass is 300 g/mol. The molecule has 0 amide bonds. The predicted octanol–water partition coefficient (Wildman–Crippen LogP) is 4.35. The van der Waals surface area contributed by atoms with Gasteiger partial charge in [0.2, 0.25) is 0 Å². The van der Waals surface area contributed by atoms with Crippen LogP contribution in [0.15, 0.2) is 66.7 Å². The summed E-state index contributed by atoms with van der Waals surface area (Å²) in [5.41, 5.74) is 0.150. The molecule has 0 spiro atoms. The van der Waals surface area contributed by atoms with Crippen LogP contribution in [0.4, 0.5) is 0 Å². The Morgan fingerprint density at radius 1 is 0.783 bits per heavy atom. The maximum atomic E-state index is 12.5. The third kappa shape index (κ3) is 2.02. The van der Waals surface area contributed by atoms with Crippen LogP contribution in [-0.4, -0.2) is 11.6 Å². The Morgan fingerprint density at radius 2 is 1.57 bits per heavy atom. The lowest BCUT2D eigenvalue weighted by atomic mass is 9.70. The number of carbonyl (C=O) groups is 2. The van der Waals surface area contributed by atoms with Gasteiger partial charge in [0.25, 0.3) is 0 Å². The van der Waals surface area contributed by atoms with Gasteiger partial charge in [-0.3, -0.25) is 9.59 Å². The molecular weight excluding hydrogens is 284 g/mol. The van der Waals surface area contributed by atoms with E-state index in [1.165, 1.54) is 22.9 Å². The summed E-state index contributed by atoms with van der Waals surface area (Å²) in [6.07, 6.45) is 3.05. The summed E-state index contributed by atoms with van der Waals surface area (Å²) in [5, 5.41) is 4.51. The van der Waals surface area contributed by atoms with Gasteiger partial charge in [-0.2, -0.15) is 0 Å². The van der Waals surface area contributed by atoms with Gasteiger partial charge in [-0.25, -0.2) is 0 Å². The Balaban J connectivity index is 2.05. The first-order valence-electron chi connectivity index (χ1n) is 7.76. The lowest BCUT2D eigenvalue weighted by molar-refractivity contribution is -0.125. The van der Waals surface area contributed by atoms with Crippen LogP contribution < -0.4 is 0 Å². The number of fused-ring (bicyclic) bond motifs is 3. The highest BCUT2D eigenvalue weighted by molar-refractivity contribution is 6.14. The van der Waals surface area contributed by atoms with Crippen molar-refractivity contribution >= 4 is 33.1 Å². The van der Waals surface area contributed by atoms with Crippen molar-refractivity contribution in [3.8, 4) is 0 Å². The number of hydrogen-bond donors (Lipinski definition) is 0. The number of rotatable bonds is 1. The van der Waals surface area contributed by atoms with E-state index in [9.17, 15) is 9.59 Å². The molecule has 0 saturated carbocycles. The van der Waals surface area contributed by atoms with Crippen LogP contribution in [0.25, 0.3) is 21.5 Å². The standard InChI is InChI=1S/C21H16O2/c1-21(13-15(22)10-12-20(21)23)19-8-4-7-17-16-6-3-2-5-14(16)9-11-18(17)19/h2-12H,13H2,1H3. The molecule has 1 aliphatic rings. The molecule has 0 fully saturated rings. The van der Waals surface area contributed by atoms with Gasteiger partial charge in [0, 0.05) is 6.42 Å². The lowest BCUT2D eigenvalue weighted by Crippen LogP contribution is -2.36. The number of benzene rings is 3. The topological polar surface area (TPSA) is 34.1 Å². The van der Waals surface area contributed by atoms with Crippen LogP contribution >= 0.6 is 0 Å². The molecule has 112 valence electrons. The largest absolute Gasteiger partial charge is 0.295 e. The van der Waals surface area contributed by atoms with Crippen molar-refractivity contribution in [1.82, 2.24) is 0 Å². The summed E-state index contributed by atoms with van der Waals surface area (Å²) in [5.74, 6) is 0.00245. The molecule has 0 bridgehead atoms. The average Bonchev–Trinajstić information content (AvgIpc) is 2.57. The van der Waals surface area contributed by atoms with E-state index >= 15 is 0 Å². The Hall–Kier alpha value is -2.74. The van der Waals surface area contributed by atoms with Crippen molar-refractivity contribution in [3.05, 3.63) is 72.3 Å². The van der Waals surface area contributed by atoms with Gasteiger partial charge in [-0.1, -0.05) is 54.6 Å². The molecule has 0 heterocycles. The van der Waals surface area contributed by atoms with Crippen molar-refractivity contribution in [3.63, 3.8) is 0 Å². The molecule has 0 aliphatic heterocycles. The average molecular weight is 300 g/mol. The fourth-order valence-corrected chi connectivity index (χ4v) is 3.60. The van der Waals surface area contributed by atoms with E-state index in [1.54, 1.807) is 0 Å². The van der Waals surface area contributed by atoms with Gasteiger partial charge in [0.15, 0.2) is 11.6 Å². The maximum Gasteiger partial charge on any atom is 0.166 e. The van der Waals surface area contributed by atoms with E-state index in [4.69, 9.17) is 0 Å². The van der Waals surface area contributed by atoms with E-state index in [1.807, 2.05) is 31.2 Å². The minimum Gasteiger partial charge on any atom is -0.295 e. The van der Waals surface area contributed by atoms with Gasteiger partial charge >= 0.3 is 0 Å². The second-order valence-electron chi connectivity index (χ2n) is 6.36. The summed E-state index contributed by atoms with van der Waals surface area (Å²) in [6.45, 7) is 1.88. The van der Waals surface area contributed by atoms with Crippen LogP contribution in [0, 0.1) is 0 Å². The lowest BCUT2D eigenvalue weighted by Gasteiger charge is -2.30. The summed E-state index contributed by atoms with van der Waals surface area (Å²) in [7, 11) is 0. The molecule has 2 heteroatoms. The van der Waals surface area contributed by atoms with Gasteiger partial charge in [0.1, 0.15) is 0 Å². The van der Waals surface area contributed by atoms with Crippen molar-refractivity contribution in [2.24, 2.45) is 0 Å². The summed E-state index contributed by atoms with van der Waals surface area (Å²) in [4.78, 5) is 24.4. The van der Waals surface area contributed by atoms with Crippen molar-refractivity contribution < 1.29 is 9.59 Å². The van der Waals surface area contributed by atoms with Crippen molar-refractivity contribution in [1.29, 1.82) is 0 Å². The second-order valence-corrected chi connectivity index (χ2v) is 6.36. The fourth-order valence-electron chi connectivity index (χ4n) is 3.60. The van der Waals surface area contributed by atoms with Crippen molar-refractivity contribution in [2.45, 2.75) is 18.8 Å². The van der Waals surface area contributed by atoms with E-state index in [2.05, 4.69) is 30.3 Å². The van der Waals surface area contributed by atoms with Crippen molar-refractivity contribution in [2.75, 3.05) is 0 Å². The molecule has 4 rings (SSSR count). The van der Waals surface area contributed by atoms with Gasteiger partial charge in [0.05, 0.1) is 5.41 Å².